The highest BCUT2D eigenvalue weighted by molar-refractivity contribution is 7.62. The largest absolute Gasteiger partial charge is 0.476 e. The lowest BCUT2D eigenvalue weighted by Crippen LogP contribution is -2.11. The van der Waals surface area contributed by atoms with Crippen LogP contribution < -0.4 is 0 Å². The molecule has 8 heteroatoms. The zero-order valence-corrected chi connectivity index (χ0v) is 11.8. The first-order chi connectivity index (χ1) is 9.06. The zero-order chi connectivity index (χ0) is 13.8. The lowest BCUT2D eigenvalue weighted by molar-refractivity contribution is 0.0690. The second kappa shape index (κ2) is 6.25. The second-order valence-corrected chi connectivity index (χ2v) is 6.27. The maximum Gasteiger partial charge on any atom is 0.355 e. The van der Waals surface area contributed by atoms with Gasteiger partial charge in [0.25, 0.3) is 0 Å². The molecule has 2 rings (SSSR count). The van der Waals surface area contributed by atoms with Gasteiger partial charge in [-0.05, 0) is 12.3 Å². The number of aromatic nitrogens is 1. The SMILES string of the molecule is O=C(O)c1nc(N=S(=O)=O)sc1CC1CCCCC1. The van der Waals surface area contributed by atoms with Gasteiger partial charge >= 0.3 is 16.5 Å². The van der Waals surface area contributed by atoms with Crippen molar-refractivity contribution in [2.24, 2.45) is 10.3 Å². The van der Waals surface area contributed by atoms with Crippen LogP contribution in [0.3, 0.4) is 0 Å². The molecule has 1 N–H and O–H groups in total. The molecule has 19 heavy (non-hydrogen) atoms. The van der Waals surface area contributed by atoms with Crippen LogP contribution in [-0.4, -0.2) is 24.5 Å². The lowest BCUT2D eigenvalue weighted by Gasteiger charge is -2.20. The molecule has 0 amide bonds. The van der Waals surface area contributed by atoms with Crippen molar-refractivity contribution in [3.05, 3.63) is 10.6 Å². The summed E-state index contributed by atoms with van der Waals surface area (Å²) in [6, 6.07) is 0. The molecule has 104 valence electrons. The number of hydrogen-bond acceptors (Lipinski definition) is 6. The molecule has 1 aliphatic rings. The number of carboxylic acid groups (broad SMARTS) is 1. The fourth-order valence-electron chi connectivity index (χ4n) is 2.40. The Balaban J connectivity index is 2.24. The van der Waals surface area contributed by atoms with E-state index >= 15 is 0 Å². The van der Waals surface area contributed by atoms with Gasteiger partial charge < -0.3 is 5.11 Å². The second-order valence-electron chi connectivity index (χ2n) is 4.59. The highest BCUT2D eigenvalue weighted by Crippen LogP contribution is 2.32. The number of hydrogen-bond donors (Lipinski definition) is 1. The molecule has 0 aromatic carbocycles. The van der Waals surface area contributed by atoms with Gasteiger partial charge in [-0.15, -0.1) is 4.36 Å². The van der Waals surface area contributed by atoms with E-state index in [1.54, 1.807) is 0 Å². The summed E-state index contributed by atoms with van der Waals surface area (Å²) < 4.78 is 24.3. The van der Waals surface area contributed by atoms with Crippen LogP contribution in [0, 0.1) is 5.92 Å². The molecule has 1 saturated carbocycles. The fourth-order valence-corrected chi connectivity index (χ4v) is 3.81. The molecule has 1 aliphatic carbocycles. The Labute approximate surface area is 116 Å². The van der Waals surface area contributed by atoms with E-state index in [9.17, 15) is 13.2 Å². The molecule has 6 nitrogen and oxygen atoms in total. The van der Waals surface area contributed by atoms with Crippen molar-refractivity contribution >= 4 is 32.9 Å². The number of carboxylic acids is 1. The summed E-state index contributed by atoms with van der Waals surface area (Å²) in [6.07, 6.45) is 6.43. The molecule has 0 bridgehead atoms. The van der Waals surface area contributed by atoms with Crippen LogP contribution in [0.15, 0.2) is 4.36 Å². The summed E-state index contributed by atoms with van der Waals surface area (Å²) in [6.45, 7) is 0. The van der Waals surface area contributed by atoms with E-state index in [0.717, 1.165) is 24.2 Å². The first kappa shape index (κ1) is 14.1. The van der Waals surface area contributed by atoms with E-state index in [4.69, 9.17) is 5.11 Å². The molecule has 1 fully saturated rings. The van der Waals surface area contributed by atoms with Gasteiger partial charge in [0.1, 0.15) is 0 Å². The predicted molar refractivity (Wildman–Crippen MR) is 70.4 cm³/mol. The van der Waals surface area contributed by atoms with Crippen molar-refractivity contribution in [1.82, 2.24) is 4.98 Å². The Morgan fingerprint density at radius 1 is 1.37 bits per heavy atom. The van der Waals surface area contributed by atoms with Crippen molar-refractivity contribution in [1.29, 1.82) is 0 Å². The Morgan fingerprint density at radius 3 is 2.63 bits per heavy atom. The van der Waals surface area contributed by atoms with Crippen molar-refractivity contribution in [3.8, 4) is 0 Å². The summed E-state index contributed by atoms with van der Waals surface area (Å²) in [4.78, 5) is 15.5. The number of carbonyl (C=O) groups is 1. The third kappa shape index (κ3) is 3.84. The van der Waals surface area contributed by atoms with Crippen molar-refractivity contribution in [2.45, 2.75) is 38.5 Å². The van der Waals surface area contributed by atoms with Gasteiger partial charge in [-0.25, -0.2) is 9.78 Å². The first-order valence-corrected chi connectivity index (χ1v) is 7.95. The molecule has 0 unspecified atom stereocenters. The standard InChI is InChI=1S/C11H14N2O4S2/c14-10(15)9-8(6-7-4-2-1-3-5-7)18-11(12-9)13-19(16)17/h7H,1-6H2,(H,14,15). The molecule has 1 aromatic heterocycles. The van der Waals surface area contributed by atoms with Crippen LogP contribution in [0.25, 0.3) is 0 Å². The maximum absolute atomic E-state index is 11.1. The molecule has 0 atom stereocenters. The summed E-state index contributed by atoms with van der Waals surface area (Å²) in [7, 11) is -2.60. The van der Waals surface area contributed by atoms with Crippen LogP contribution in [0.2, 0.25) is 0 Å². The maximum atomic E-state index is 11.1. The van der Waals surface area contributed by atoms with E-state index in [-0.39, 0.29) is 10.8 Å². The van der Waals surface area contributed by atoms with Gasteiger partial charge in [0.05, 0.1) is 0 Å². The predicted octanol–water partition coefficient (Wildman–Crippen LogP) is 2.66. The minimum atomic E-state index is -2.60. The van der Waals surface area contributed by atoms with Crippen LogP contribution in [0.5, 0.6) is 0 Å². The Bertz CT molecular complexity index is 592. The van der Waals surface area contributed by atoms with E-state index < -0.39 is 16.5 Å². The van der Waals surface area contributed by atoms with Crippen LogP contribution >= 0.6 is 11.3 Å². The average molecular weight is 302 g/mol. The van der Waals surface area contributed by atoms with Crippen LogP contribution in [0.4, 0.5) is 5.13 Å². The Kier molecular flexibility index (Phi) is 4.65. The molecular formula is C11H14N2O4S2. The van der Waals surface area contributed by atoms with Crippen molar-refractivity contribution in [3.63, 3.8) is 0 Å². The van der Waals surface area contributed by atoms with E-state index in [1.165, 1.54) is 19.3 Å². The molecule has 1 heterocycles. The number of nitrogens with zero attached hydrogens (tertiary/aromatic N) is 2. The number of rotatable bonds is 4. The highest BCUT2D eigenvalue weighted by atomic mass is 32.2. The van der Waals surface area contributed by atoms with Gasteiger partial charge in [0, 0.05) is 4.88 Å². The molecule has 0 radical (unpaired) electrons. The van der Waals surface area contributed by atoms with E-state index in [2.05, 4.69) is 9.35 Å². The molecule has 0 saturated heterocycles. The first-order valence-electron chi connectivity index (χ1n) is 6.10. The highest BCUT2D eigenvalue weighted by Gasteiger charge is 2.22. The topological polar surface area (TPSA) is 96.7 Å². The lowest BCUT2D eigenvalue weighted by atomic mass is 9.86. The average Bonchev–Trinajstić information content (AvgIpc) is 2.72. The summed E-state index contributed by atoms with van der Waals surface area (Å²) in [5.74, 6) is -0.655. The van der Waals surface area contributed by atoms with Crippen LogP contribution in [0.1, 0.15) is 47.5 Å². The molecule has 0 aliphatic heterocycles. The molecule has 1 aromatic rings. The quantitative estimate of drug-likeness (QED) is 0.922. The molecular weight excluding hydrogens is 288 g/mol. The minimum Gasteiger partial charge on any atom is -0.476 e. The third-order valence-electron chi connectivity index (χ3n) is 3.24. The molecule has 0 spiro atoms. The fraction of sp³-hybridized carbons (Fsp3) is 0.636. The van der Waals surface area contributed by atoms with E-state index in [1.807, 2.05) is 0 Å². The van der Waals surface area contributed by atoms with Gasteiger partial charge in [-0.1, -0.05) is 43.4 Å². The third-order valence-corrected chi connectivity index (χ3v) is 4.65. The monoisotopic (exact) mass is 302 g/mol. The summed E-state index contributed by atoms with van der Waals surface area (Å²) in [5.41, 5.74) is -0.0558. The summed E-state index contributed by atoms with van der Waals surface area (Å²) >= 11 is 1.06. The Morgan fingerprint density at radius 2 is 2.05 bits per heavy atom. The smallest absolute Gasteiger partial charge is 0.355 e. The zero-order valence-electron chi connectivity index (χ0n) is 10.2. The van der Waals surface area contributed by atoms with Gasteiger partial charge in [0.2, 0.25) is 5.13 Å². The minimum absolute atomic E-state index is 0.00320. The normalized spacial score (nSPS) is 16.2. The summed E-state index contributed by atoms with van der Waals surface area (Å²) in [5, 5.41) is 9.09. The number of thiazole rings is 1. The van der Waals surface area contributed by atoms with Crippen molar-refractivity contribution < 1.29 is 18.3 Å². The van der Waals surface area contributed by atoms with Gasteiger partial charge in [-0.2, -0.15) is 8.42 Å². The van der Waals surface area contributed by atoms with Gasteiger partial charge in [-0.3, -0.25) is 0 Å². The van der Waals surface area contributed by atoms with Crippen molar-refractivity contribution in [2.75, 3.05) is 0 Å². The van der Waals surface area contributed by atoms with E-state index in [0.29, 0.717) is 17.2 Å². The number of aromatic carboxylic acids is 1. The Hall–Kier alpha value is -1.28. The van der Waals surface area contributed by atoms with Crippen LogP contribution in [-0.2, 0) is 16.9 Å². The van der Waals surface area contributed by atoms with Gasteiger partial charge in [0.15, 0.2) is 5.69 Å².